The van der Waals surface area contributed by atoms with E-state index in [1.165, 1.54) is 25.7 Å². The molecule has 0 heterocycles. The molecule has 0 heteroatoms. The minimum atomic E-state index is 0.757. The molecule has 0 aliphatic heterocycles. The highest BCUT2D eigenvalue weighted by atomic mass is 14.2. The second kappa shape index (κ2) is 6.45. The highest BCUT2D eigenvalue weighted by Crippen LogP contribution is 2.31. The summed E-state index contributed by atoms with van der Waals surface area (Å²) in [6.45, 7) is 10.1. The number of rotatable bonds is 2. The van der Waals surface area contributed by atoms with Crippen LogP contribution in [0.1, 0.15) is 46.5 Å². The molecular formula is C11H22. The first-order valence-electron chi connectivity index (χ1n) is 4.97. The summed E-state index contributed by atoms with van der Waals surface area (Å²) in [5.74, 6) is 1.72. The molecule has 0 aromatic heterocycles. The van der Waals surface area contributed by atoms with Gasteiger partial charge in [-0.2, -0.15) is 0 Å². The third-order valence-electron chi connectivity index (χ3n) is 2.52. The fourth-order valence-corrected chi connectivity index (χ4v) is 1.68. The van der Waals surface area contributed by atoms with Crippen LogP contribution in [0.25, 0.3) is 0 Å². The SMILES string of the molecule is C=CC(C)C1CCCC1.CC. The molecule has 0 nitrogen and oxygen atoms in total. The monoisotopic (exact) mass is 154 g/mol. The first kappa shape index (κ1) is 10.7. The largest absolute Gasteiger partial charge is 0.103 e. The van der Waals surface area contributed by atoms with Gasteiger partial charge in [0.15, 0.2) is 0 Å². The van der Waals surface area contributed by atoms with Crippen LogP contribution in [0.2, 0.25) is 0 Å². The van der Waals surface area contributed by atoms with Gasteiger partial charge in [0.1, 0.15) is 0 Å². The molecule has 0 radical (unpaired) electrons. The Labute approximate surface area is 71.7 Å². The van der Waals surface area contributed by atoms with Gasteiger partial charge in [0, 0.05) is 0 Å². The highest BCUT2D eigenvalue weighted by Gasteiger charge is 2.18. The van der Waals surface area contributed by atoms with Crippen molar-refractivity contribution in [1.29, 1.82) is 0 Å². The van der Waals surface area contributed by atoms with Gasteiger partial charge in [-0.1, -0.05) is 39.7 Å². The predicted molar refractivity (Wildman–Crippen MR) is 52.7 cm³/mol. The maximum Gasteiger partial charge on any atom is -0.0236 e. The summed E-state index contributed by atoms with van der Waals surface area (Å²) in [6, 6.07) is 0. The normalized spacial score (nSPS) is 20.3. The Balaban J connectivity index is 0.000000461. The Morgan fingerprint density at radius 2 is 1.73 bits per heavy atom. The summed E-state index contributed by atoms with van der Waals surface area (Å²) in [4.78, 5) is 0. The molecule has 66 valence electrons. The van der Waals surface area contributed by atoms with Crippen molar-refractivity contribution in [2.45, 2.75) is 46.5 Å². The predicted octanol–water partition coefficient (Wildman–Crippen LogP) is 4.02. The quantitative estimate of drug-likeness (QED) is 0.527. The summed E-state index contributed by atoms with van der Waals surface area (Å²) in [5, 5.41) is 0. The van der Waals surface area contributed by atoms with Crippen molar-refractivity contribution in [2.24, 2.45) is 11.8 Å². The second-order valence-corrected chi connectivity index (χ2v) is 3.14. The molecule has 1 fully saturated rings. The lowest BCUT2D eigenvalue weighted by molar-refractivity contribution is 0.435. The van der Waals surface area contributed by atoms with Crippen LogP contribution < -0.4 is 0 Å². The average Bonchev–Trinajstić information content (AvgIpc) is 2.59. The standard InChI is InChI=1S/C9H16.C2H6/c1-3-8(2)9-6-4-5-7-9;1-2/h3,8-9H,1,4-7H2,2H3;1-2H3. The minimum Gasteiger partial charge on any atom is -0.103 e. The lowest BCUT2D eigenvalue weighted by Gasteiger charge is -2.12. The zero-order valence-corrected chi connectivity index (χ0v) is 8.27. The zero-order valence-electron chi connectivity index (χ0n) is 8.27. The molecule has 0 saturated heterocycles. The zero-order chi connectivity index (χ0) is 8.69. The van der Waals surface area contributed by atoms with Crippen molar-refractivity contribution in [3.8, 4) is 0 Å². The molecule has 11 heavy (non-hydrogen) atoms. The Morgan fingerprint density at radius 3 is 2.09 bits per heavy atom. The molecule has 1 aliphatic carbocycles. The van der Waals surface area contributed by atoms with Gasteiger partial charge in [-0.15, -0.1) is 6.58 Å². The van der Waals surface area contributed by atoms with Gasteiger partial charge in [-0.25, -0.2) is 0 Å². The van der Waals surface area contributed by atoms with E-state index in [9.17, 15) is 0 Å². The first-order chi connectivity index (χ1) is 5.34. The highest BCUT2D eigenvalue weighted by molar-refractivity contribution is 4.83. The van der Waals surface area contributed by atoms with Gasteiger partial charge in [-0.05, 0) is 24.7 Å². The van der Waals surface area contributed by atoms with Crippen molar-refractivity contribution in [1.82, 2.24) is 0 Å². The molecule has 1 atom stereocenters. The third-order valence-corrected chi connectivity index (χ3v) is 2.52. The van der Waals surface area contributed by atoms with Gasteiger partial charge in [0.05, 0.1) is 0 Å². The van der Waals surface area contributed by atoms with E-state index in [0.717, 1.165) is 11.8 Å². The number of hydrogen-bond acceptors (Lipinski definition) is 0. The maximum atomic E-state index is 3.81. The summed E-state index contributed by atoms with van der Waals surface area (Å²) < 4.78 is 0. The van der Waals surface area contributed by atoms with Crippen LogP contribution in [0.5, 0.6) is 0 Å². The molecule has 0 spiro atoms. The van der Waals surface area contributed by atoms with Crippen molar-refractivity contribution in [3.05, 3.63) is 12.7 Å². The van der Waals surface area contributed by atoms with E-state index in [0.29, 0.717) is 0 Å². The van der Waals surface area contributed by atoms with Crippen molar-refractivity contribution >= 4 is 0 Å². The summed E-state index contributed by atoms with van der Waals surface area (Å²) >= 11 is 0. The Morgan fingerprint density at radius 1 is 1.27 bits per heavy atom. The molecular weight excluding hydrogens is 132 g/mol. The van der Waals surface area contributed by atoms with Gasteiger partial charge < -0.3 is 0 Å². The van der Waals surface area contributed by atoms with Crippen LogP contribution in [0.3, 0.4) is 0 Å². The van der Waals surface area contributed by atoms with Crippen LogP contribution in [0.15, 0.2) is 12.7 Å². The molecule has 0 N–H and O–H groups in total. The molecule has 0 aromatic carbocycles. The Kier molecular flexibility index (Phi) is 6.30. The molecule has 1 aliphatic rings. The number of allylic oxidation sites excluding steroid dienone is 1. The third kappa shape index (κ3) is 3.60. The van der Waals surface area contributed by atoms with Gasteiger partial charge >= 0.3 is 0 Å². The summed E-state index contributed by atoms with van der Waals surface area (Å²) in [5.41, 5.74) is 0. The summed E-state index contributed by atoms with van der Waals surface area (Å²) in [6.07, 6.45) is 7.86. The molecule has 0 aromatic rings. The van der Waals surface area contributed by atoms with Crippen LogP contribution in [0, 0.1) is 11.8 Å². The lowest BCUT2D eigenvalue weighted by Crippen LogP contribution is -2.03. The van der Waals surface area contributed by atoms with Crippen LogP contribution in [-0.2, 0) is 0 Å². The van der Waals surface area contributed by atoms with E-state index in [1.54, 1.807) is 0 Å². The topological polar surface area (TPSA) is 0 Å². The minimum absolute atomic E-state index is 0.757. The molecule has 1 saturated carbocycles. The first-order valence-corrected chi connectivity index (χ1v) is 4.97. The Hall–Kier alpha value is -0.260. The van der Waals surface area contributed by atoms with Gasteiger partial charge in [0.25, 0.3) is 0 Å². The van der Waals surface area contributed by atoms with E-state index in [4.69, 9.17) is 0 Å². The van der Waals surface area contributed by atoms with Gasteiger partial charge in [0.2, 0.25) is 0 Å². The van der Waals surface area contributed by atoms with E-state index in [2.05, 4.69) is 19.6 Å². The fourth-order valence-electron chi connectivity index (χ4n) is 1.68. The van der Waals surface area contributed by atoms with Gasteiger partial charge in [-0.3, -0.25) is 0 Å². The van der Waals surface area contributed by atoms with Crippen LogP contribution in [-0.4, -0.2) is 0 Å². The Bertz CT molecular complexity index is 88.2. The van der Waals surface area contributed by atoms with Crippen LogP contribution in [0.4, 0.5) is 0 Å². The van der Waals surface area contributed by atoms with Crippen molar-refractivity contribution in [3.63, 3.8) is 0 Å². The lowest BCUT2D eigenvalue weighted by atomic mass is 9.93. The van der Waals surface area contributed by atoms with Crippen molar-refractivity contribution in [2.75, 3.05) is 0 Å². The summed E-state index contributed by atoms with van der Waals surface area (Å²) in [7, 11) is 0. The molecule has 0 bridgehead atoms. The fraction of sp³-hybridized carbons (Fsp3) is 0.818. The average molecular weight is 154 g/mol. The van der Waals surface area contributed by atoms with Crippen molar-refractivity contribution < 1.29 is 0 Å². The molecule has 0 amide bonds. The smallest absolute Gasteiger partial charge is 0.0236 e. The second-order valence-electron chi connectivity index (χ2n) is 3.14. The van der Waals surface area contributed by atoms with E-state index in [1.807, 2.05) is 13.8 Å². The molecule has 1 unspecified atom stereocenters. The van der Waals surface area contributed by atoms with Crippen LogP contribution >= 0.6 is 0 Å². The van der Waals surface area contributed by atoms with E-state index in [-0.39, 0.29) is 0 Å². The number of hydrogen-bond donors (Lipinski definition) is 0. The maximum absolute atomic E-state index is 3.81. The molecule has 1 rings (SSSR count). The van der Waals surface area contributed by atoms with E-state index >= 15 is 0 Å². The van der Waals surface area contributed by atoms with E-state index < -0.39 is 0 Å².